The molecule has 1 unspecified atom stereocenters. The first kappa shape index (κ1) is 13.9. The van der Waals surface area contributed by atoms with E-state index in [0.717, 1.165) is 13.0 Å². The van der Waals surface area contributed by atoms with Crippen molar-refractivity contribution in [3.05, 3.63) is 0 Å². The van der Waals surface area contributed by atoms with E-state index in [1.807, 2.05) is 0 Å². The molecule has 0 aliphatic heterocycles. The number of aliphatic hydroxyl groups is 1. The van der Waals surface area contributed by atoms with Gasteiger partial charge in [0.2, 0.25) is 0 Å². The van der Waals surface area contributed by atoms with Crippen LogP contribution in [0.5, 0.6) is 0 Å². The zero-order chi connectivity index (χ0) is 12.4. The first-order valence-electron chi connectivity index (χ1n) is 6.43. The van der Waals surface area contributed by atoms with E-state index in [1.165, 1.54) is 12.8 Å². The van der Waals surface area contributed by atoms with Crippen molar-refractivity contribution < 1.29 is 5.11 Å². The summed E-state index contributed by atoms with van der Waals surface area (Å²) in [6.45, 7) is 9.92. The van der Waals surface area contributed by atoms with Gasteiger partial charge >= 0.3 is 0 Å². The third kappa shape index (κ3) is 3.72. The monoisotopic (exact) mass is 228 g/mol. The van der Waals surface area contributed by atoms with E-state index in [4.69, 9.17) is 0 Å². The van der Waals surface area contributed by atoms with Gasteiger partial charge in [0.15, 0.2) is 0 Å². The van der Waals surface area contributed by atoms with Crippen LogP contribution in [0.1, 0.15) is 47.0 Å². The van der Waals surface area contributed by atoms with Gasteiger partial charge in [-0.2, -0.15) is 0 Å². The molecule has 0 amide bonds. The minimum absolute atomic E-state index is 0.164. The fourth-order valence-corrected chi connectivity index (χ4v) is 1.87. The van der Waals surface area contributed by atoms with Crippen molar-refractivity contribution >= 4 is 0 Å². The molecule has 0 aromatic rings. The SMILES string of the molecule is CCC(C)(C)N(C)CC(C)(CO)NC1CC1. The van der Waals surface area contributed by atoms with Crippen LogP contribution >= 0.6 is 0 Å². The van der Waals surface area contributed by atoms with Gasteiger partial charge in [-0.1, -0.05) is 6.92 Å². The predicted octanol–water partition coefficient (Wildman–Crippen LogP) is 1.61. The minimum Gasteiger partial charge on any atom is -0.394 e. The predicted molar refractivity (Wildman–Crippen MR) is 68.6 cm³/mol. The van der Waals surface area contributed by atoms with Gasteiger partial charge in [-0.15, -0.1) is 0 Å². The molecule has 16 heavy (non-hydrogen) atoms. The second-order valence-electron chi connectivity index (χ2n) is 6.16. The molecule has 1 rings (SSSR count). The maximum absolute atomic E-state index is 9.56. The van der Waals surface area contributed by atoms with Crippen LogP contribution in [0.2, 0.25) is 0 Å². The van der Waals surface area contributed by atoms with Crippen LogP contribution in [0, 0.1) is 0 Å². The van der Waals surface area contributed by atoms with Crippen LogP contribution in [0.15, 0.2) is 0 Å². The third-order valence-electron chi connectivity index (χ3n) is 3.96. The highest BCUT2D eigenvalue weighted by atomic mass is 16.3. The van der Waals surface area contributed by atoms with Crippen LogP contribution in [-0.2, 0) is 0 Å². The Kier molecular flexibility index (Phi) is 4.38. The molecule has 3 nitrogen and oxygen atoms in total. The van der Waals surface area contributed by atoms with Crippen molar-refractivity contribution in [3.8, 4) is 0 Å². The number of aliphatic hydroxyl groups excluding tert-OH is 1. The molecule has 0 spiro atoms. The van der Waals surface area contributed by atoms with Crippen molar-refractivity contribution in [1.82, 2.24) is 10.2 Å². The molecule has 1 aliphatic carbocycles. The molecule has 1 fully saturated rings. The lowest BCUT2D eigenvalue weighted by Crippen LogP contribution is -2.57. The second-order valence-corrected chi connectivity index (χ2v) is 6.16. The highest BCUT2D eigenvalue weighted by Gasteiger charge is 2.35. The Hall–Kier alpha value is -0.120. The topological polar surface area (TPSA) is 35.5 Å². The maximum atomic E-state index is 9.56. The van der Waals surface area contributed by atoms with Gasteiger partial charge in [-0.3, -0.25) is 4.90 Å². The van der Waals surface area contributed by atoms with Crippen LogP contribution in [0.25, 0.3) is 0 Å². The van der Waals surface area contributed by atoms with E-state index < -0.39 is 0 Å². The van der Waals surface area contributed by atoms with Crippen LogP contribution in [0.4, 0.5) is 0 Å². The van der Waals surface area contributed by atoms with Gasteiger partial charge in [0, 0.05) is 18.1 Å². The molecule has 1 saturated carbocycles. The van der Waals surface area contributed by atoms with Crippen molar-refractivity contribution in [3.63, 3.8) is 0 Å². The lowest BCUT2D eigenvalue weighted by molar-refractivity contribution is 0.0747. The summed E-state index contributed by atoms with van der Waals surface area (Å²) in [5.41, 5.74) is 0.0318. The average Bonchev–Trinajstić information content (AvgIpc) is 3.01. The molecule has 1 atom stereocenters. The summed E-state index contributed by atoms with van der Waals surface area (Å²) in [4.78, 5) is 2.35. The lowest BCUT2D eigenvalue weighted by atomic mass is 9.95. The normalized spacial score (nSPS) is 21.2. The Morgan fingerprint density at radius 2 is 1.88 bits per heavy atom. The third-order valence-corrected chi connectivity index (χ3v) is 3.96. The Labute approximate surface area is 100 Å². The van der Waals surface area contributed by atoms with Gasteiger partial charge in [-0.05, 0) is 47.1 Å². The van der Waals surface area contributed by atoms with E-state index in [0.29, 0.717) is 6.04 Å². The molecular formula is C13H28N2O. The van der Waals surface area contributed by atoms with Crippen molar-refractivity contribution in [1.29, 1.82) is 0 Å². The second kappa shape index (κ2) is 5.03. The molecule has 1 aliphatic rings. The standard InChI is InChI=1S/C13H28N2O/c1-6-12(2,3)15(5)9-13(4,10-16)14-11-7-8-11/h11,14,16H,6-10H2,1-5H3. The number of rotatable bonds is 7. The summed E-state index contributed by atoms with van der Waals surface area (Å²) < 4.78 is 0. The maximum Gasteiger partial charge on any atom is 0.0623 e. The number of nitrogens with one attached hydrogen (secondary N) is 1. The van der Waals surface area contributed by atoms with E-state index in [-0.39, 0.29) is 17.7 Å². The van der Waals surface area contributed by atoms with E-state index in [1.54, 1.807) is 0 Å². The Morgan fingerprint density at radius 1 is 1.31 bits per heavy atom. The number of hydrogen-bond donors (Lipinski definition) is 2. The Balaban J connectivity index is 2.53. The molecule has 3 heteroatoms. The van der Waals surface area contributed by atoms with Crippen molar-refractivity contribution in [2.24, 2.45) is 0 Å². The van der Waals surface area contributed by atoms with E-state index >= 15 is 0 Å². The Morgan fingerprint density at radius 3 is 2.25 bits per heavy atom. The summed E-state index contributed by atoms with van der Waals surface area (Å²) in [7, 11) is 2.14. The van der Waals surface area contributed by atoms with Crippen LogP contribution in [0.3, 0.4) is 0 Å². The molecule has 96 valence electrons. The van der Waals surface area contributed by atoms with Crippen molar-refractivity contribution in [2.45, 2.75) is 64.1 Å². The lowest BCUT2D eigenvalue weighted by Gasteiger charge is -2.41. The number of nitrogens with zero attached hydrogens (tertiary/aromatic N) is 1. The molecule has 2 N–H and O–H groups in total. The molecule has 0 bridgehead atoms. The van der Waals surface area contributed by atoms with Gasteiger partial charge in [0.25, 0.3) is 0 Å². The van der Waals surface area contributed by atoms with Crippen LogP contribution < -0.4 is 5.32 Å². The first-order valence-corrected chi connectivity index (χ1v) is 6.43. The summed E-state index contributed by atoms with van der Waals surface area (Å²) in [5, 5.41) is 13.1. The minimum atomic E-state index is -0.164. The summed E-state index contributed by atoms with van der Waals surface area (Å²) in [6.07, 6.45) is 3.64. The van der Waals surface area contributed by atoms with E-state index in [9.17, 15) is 5.11 Å². The van der Waals surface area contributed by atoms with Crippen molar-refractivity contribution in [2.75, 3.05) is 20.2 Å². The summed E-state index contributed by atoms with van der Waals surface area (Å²) >= 11 is 0. The first-order chi connectivity index (χ1) is 7.33. The average molecular weight is 228 g/mol. The zero-order valence-electron chi connectivity index (χ0n) is 11.5. The molecule has 0 radical (unpaired) electrons. The fraction of sp³-hybridized carbons (Fsp3) is 1.00. The largest absolute Gasteiger partial charge is 0.394 e. The molecule has 0 saturated heterocycles. The van der Waals surface area contributed by atoms with Gasteiger partial charge in [0.05, 0.1) is 12.1 Å². The van der Waals surface area contributed by atoms with E-state index in [2.05, 4.69) is 45.0 Å². The molecule has 0 heterocycles. The van der Waals surface area contributed by atoms with Crippen LogP contribution in [-0.4, -0.2) is 47.3 Å². The molecule has 0 aromatic heterocycles. The van der Waals surface area contributed by atoms with Gasteiger partial charge < -0.3 is 10.4 Å². The fourth-order valence-electron chi connectivity index (χ4n) is 1.87. The summed E-state index contributed by atoms with van der Waals surface area (Å²) in [6, 6.07) is 0.635. The number of hydrogen-bond acceptors (Lipinski definition) is 3. The highest BCUT2D eigenvalue weighted by molar-refractivity contribution is 4.95. The summed E-state index contributed by atoms with van der Waals surface area (Å²) in [5.74, 6) is 0. The molecule has 0 aromatic carbocycles. The highest BCUT2D eigenvalue weighted by Crippen LogP contribution is 2.24. The molecular weight excluding hydrogens is 200 g/mol. The van der Waals surface area contributed by atoms with Gasteiger partial charge in [-0.25, -0.2) is 0 Å². The van der Waals surface area contributed by atoms with Gasteiger partial charge in [0.1, 0.15) is 0 Å². The Bertz CT molecular complexity index is 226. The zero-order valence-corrected chi connectivity index (χ0v) is 11.5. The smallest absolute Gasteiger partial charge is 0.0623 e. The quantitative estimate of drug-likeness (QED) is 0.695. The number of likely N-dealkylation sites (N-methyl/N-ethyl adjacent to an activating group) is 1.